The molecular weight excluding hydrogens is 370 g/mol. The molecule has 0 saturated heterocycles. The van der Waals surface area contributed by atoms with E-state index in [1.165, 1.54) is 4.88 Å². The monoisotopic (exact) mass is 381 g/mol. The molecule has 0 aliphatic carbocycles. The van der Waals surface area contributed by atoms with E-state index in [0.29, 0.717) is 0 Å². The zero-order valence-electron chi connectivity index (χ0n) is 11.2. The van der Waals surface area contributed by atoms with Gasteiger partial charge in [-0.1, -0.05) is 11.6 Å². The van der Waals surface area contributed by atoms with Crippen LogP contribution in [-0.2, 0) is 0 Å². The minimum absolute atomic E-state index is 0.153. The normalized spacial score (nSPS) is 12.5. The van der Waals surface area contributed by atoms with Crippen LogP contribution in [0, 0.1) is 0 Å². The summed E-state index contributed by atoms with van der Waals surface area (Å²) in [5.41, 5.74) is 8.58. The summed E-state index contributed by atoms with van der Waals surface area (Å²) in [6.45, 7) is 2.10. The number of hydrogen-bond acceptors (Lipinski definition) is 4. The van der Waals surface area contributed by atoms with Crippen molar-refractivity contribution in [2.24, 2.45) is 0 Å². The van der Waals surface area contributed by atoms with Gasteiger partial charge in [-0.2, -0.15) is 0 Å². The number of aromatic nitrogens is 1. The lowest BCUT2D eigenvalue weighted by atomic mass is 10.1. The van der Waals surface area contributed by atoms with E-state index in [0.717, 1.165) is 31.1 Å². The third kappa shape index (κ3) is 3.00. The van der Waals surface area contributed by atoms with Crippen molar-refractivity contribution in [2.45, 2.75) is 13.0 Å². The Hall–Kier alpha value is -1.30. The van der Waals surface area contributed by atoms with Crippen molar-refractivity contribution < 1.29 is 0 Å². The van der Waals surface area contributed by atoms with Crippen LogP contribution in [0.1, 0.15) is 17.8 Å². The highest BCUT2D eigenvalue weighted by atomic mass is 79.9. The number of nitrogens with zero attached hydrogens (tertiary/aromatic N) is 1. The van der Waals surface area contributed by atoms with Gasteiger partial charge in [0.1, 0.15) is 0 Å². The summed E-state index contributed by atoms with van der Waals surface area (Å²) >= 11 is 11.0. The van der Waals surface area contributed by atoms with Gasteiger partial charge in [-0.15, -0.1) is 11.3 Å². The molecule has 1 atom stereocenters. The molecule has 3 rings (SSSR count). The number of halogens is 2. The number of rotatable bonds is 3. The van der Waals surface area contributed by atoms with Crippen molar-refractivity contribution in [2.75, 3.05) is 11.1 Å². The Morgan fingerprint density at radius 2 is 2.14 bits per heavy atom. The summed E-state index contributed by atoms with van der Waals surface area (Å²) in [7, 11) is 0. The Bertz CT molecular complexity index is 803. The third-order valence-electron chi connectivity index (χ3n) is 3.24. The number of anilines is 2. The summed E-state index contributed by atoms with van der Waals surface area (Å²) in [6, 6.07) is 9.94. The second-order valence-corrected chi connectivity index (χ2v) is 7.42. The zero-order chi connectivity index (χ0) is 15.0. The van der Waals surface area contributed by atoms with E-state index in [9.17, 15) is 0 Å². The Labute approximate surface area is 140 Å². The van der Waals surface area contributed by atoms with E-state index in [4.69, 9.17) is 17.3 Å². The maximum Gasteiger partial charge on any atom is 0.0954 e. The van der Waals surface area contributed by atoms with Crippen LogP contribution in [0.4, 0.5) is 11.4 Å². The number of nitrogens with two attached hydrogens (primary N) is 1. The number of hydrogen-bond donors (Lipinski definition) is 2. The molecule has 0 saturated carbocycles. The van der Waals surface area contributed by atoms with Gasteiger partial charge in [0.05, 0.1) is 21.6 Å². The van der Waals surface area contributed by atoms with Crippen molar-refractivity contribution in [1.29, 1.82) is 0 Å². The van der Waals surface area contributed by atoms with E-state index in [-0.39, 0.29) is 6.04 Å². The molecule has 0 spiro atoms. The van der Waals surface area contributed by atoms with Crippen molar-refractivity contribution in [1.82, 2.24) is 4.98 Å². The summed E-state index contributed by atoms with van der Waals surface area (Å²) in [5.74, 6) is 0. The molecule has 0 radical (unpaired) electrons. The van der Waals surface area contributed by atoms with Gasteiger partial charge >= 0.3 is 0 Å². The van der Waals surface area contributed by atoms with E-state index in [1.54, 1.807) is 17.5 Å². The first-order valence-electron chi connectivity index (χ1n) is 6.40. The van der Waals surface area contributed by atoms with Gasteiger partial charge in [-0.25, -0.2) is 0 Å². The topological polar surface area (TPSA) is 50.9 Å². The molecule has 3 N–H and O–H groups in total. The second kappa shape index (κ2) is 5.83. The molecule has 21 heavy (non-hydrogen) atoms. The first kappa shape index (κ1) is 14.6. The SMILES string of the molecule is CC(Nc1ccc(N)c2cc(Br)cnc12)c1ccc(Cl)s1. The minimum atomic E-state index is 0.153. The number of pyridine rings is 1. The summed E-state index contributed by atoms with van der Waals surface area (Å²) in [5, 5.41) is 4.42. The maximum atomic E-state index is 6.04. The third-order valence-corrected chi connectivity index (χ3v) is 5.09. The highest BCUT2D eigenvalue weighted by Crippen LogP contribution is 2.33. The van der Waals surface area contributed by atoms with E-state index in [1.807, 2.05) is 30.3 Å². The second-order valence-electron chi connectivity index (χ2n) is 4.76. The summed E-state index contributed by atoms with van der Waals surface area (Å²) < 4.78 is 1.71. The zero-order valence-corrected chi connectivity index (χ0v) is 14.4. The summed E-state index contributed by atoms with van der Waals surface area (Å²) in [6.07, 6.45) is 1.78. The van der Waals surface area contributed by atoms with Crippen LogP contribution < -0.4 is 11.1 Å². The van der Waals surface area contributed by atoms with Crippen LogP contribution in [0.25, 0.3) is 10.9 Å². The highest BCUT2D eigenvalue weighted by molar-refractivity contribution is 9.10. The highest BCUT2D eigenvalue weighted by Gasteiger charge is 2.12. The smallest absolute Gasteiger partial charge is 0.0954 e. The molecule has 6 heteroatoms. The predicted octanol–water partition coefficient (Wildman–Crippen LogP) is 5.47. The van der Waals surface area contributed by atoms with Gasteiger partial charge in [0, 0.05) is 26.6 Å². The largest absolute Gasteiger partial charge is 0.398 e. The first-order chi connectivity index (χ1) is 10.0. The molecule has 0 aliphatic heterocycles. The van der Waals surface area contributed by atoms with Gasteiger partial charge in [0.2, 0.25) is 0 Å². The van der Waals surface area contributed by atoms with Crippen molar-refractivity contribution in [3.05, 3.63) is 50.2 Å². The van der Waals surface area contributed by atoms with Crippen LogP contribution in [-0.4, -0.2) is 4.98 Å². The lowest BCUT2D eigenvalue weighted by molar-refractivity contribution is 0.909. The quantitative estimate of drug-likeness (QED) is 0.591. The number of nitrogens with one attached hydrogen (secondary N) is 1. The molecule has 3 nitrogen and oxygen atoms in total. The van der Waals surface area contributed by atoms with Crippen molar-refractivity contribution in [3.8, 4) is 0 Å². The lowest BCUT2D eigenvalue weighted by Crippen LogP contribution is -2.06. The molecule has 108 valence electrons. The lowest BCUT2D eigenvalue weighted by Gasteiger charge is -2.16. The molecule has 2 heterocycles. The van der Waals surface area contributed by atoms with Gasteiger partial charge in [0.25, 0.3) is 0 Å². The van der Waals surface area contributed by atoms with Gasteiger partial charge < -0.3 is 11.1 Å². The maximum absolute atomic E-state index is 6.04. The van der Waals surface area contributed by atoms with Gasteiger partial charge in [-0.3, -0.25) is 4.98 Å². The van der Waals surface area contributed by atoms with Crippen LogP contribution in [0.2, 0.25) is 4.34 Å². The Morgan fingerprint density at radius 1 is 1.33 bits per heavy atom. The predicted molar refractivity (Wildman–Crippen MR) is 95.2 cm³/mol. The van der Waals surface area contributed by atoms with Crippen LogP contribution in [0.15, 0.2) is 41.0 Å². The molecule has 0 amide bonds. The number of thiophene rings is 1. The fraction of sp³-hybridized carbons (Fsp3) is 0.133. The van der Waals surface area contributed by atoms with E-state index < -0.39 is 0 Å². The van der Waals surface area contributed by atoms with Crippen molar-refractivity contribution in [3.63, 3.8) is 0 Å². The number of nitrogen functional groups attached to an aromatic ring is 1. The van der Waals surface area contributed by atoms with Crippen molar-refractivity contribution >= 4 is 61.1 Å². The molecule has 3 aromatic rings. The summed E-state index contributed by atoms with van der Waals surface area (Å²) in [4.78, 5) is 5.66. The standard InChI is InChI=1S/C15H13BrClN3S/c1-8(13-4-5-14(17)21-13)20-12-3-2-11(18)10-6-9(16)7-19-15(10)12/h2-8,20H,18H2,1H3. The fourth-order valence-corrected chi connectivity index (χ4v) is 3.59. The average molecular weight is 383 g/mol. The number of fused-ring (bicyclic) bond motifs is 1. The van der Waals surface area contributed by atoms with E-state index >= 15 is 0 Å². The molecular formula is C15H13BrClN3S. The Morgan fingerprint density at radius 3 is 2.86 bits per heavy atom. The average Bonchev–Trinajstić information content (AvgIpc) is 2.89. The Balaban J connectivity index is 1.99. The Kier molecular flexibility index (Phi) is 4.06. The van der Waals surface area contributed by atoms with Gasteiger partial charge in [0.15, 0.2) is 0 Å². The van der Waals surface area contributed by atoms with E-state index in [2.05, 4.69) is 33.2 Å². The van der Waals surface area contributed by atoms with Crippen LogP contribution in [0.3, 0.4) is 0 Å². The van der Waals surface area contributed by atoms with Crippen LogP contribution >= 0.6 is 38.9 Å². The minimum Gasteiger partial charge on any atom is -0.398 e. The van der Waals surface area contributed by atoms with Gasteiger partial charge in [-0.05, 0) is 53.2 Å². The molecule has 1 unspecified atom stereocenters. The molecule has 0 bridgehead atoms. The molecule has 1 aromatic carbocycles. The molecule has 2 aromatic heterocycles. The fourth-order valence-electron chi connectivity index (χ4n) is 2.20. The first-order valence-corrected chi connectivity index (χ1v) is 8.39. The molecule has 0 fully saturated rings. The molecule has 0 aliphatic rings. The van der Waals surface area contributed by atoms with Crippen LogP contribution in [0.5, 0.6) is 0 Å². The number of benzene rings is 1.